The van der Waals surface area contributed by atoms with E-state index in [0.717, 1.165) is 56.9 Å². The lowest BCUT2D eigenvalue weighted by Gasteiger charge is -2.60. The fourth-order valence-corrected chi connectivity index (χ4v) is 9.27. The minimum atomic E-state index is -3.75. The normalized spacial score (nSPS) is 42.5. The molecule has 4 nitrogen and oxygen atoms in total. The Balaban J connectivity index is 1.37. The first kappa shape index (κ1) is 21.6. The molecular formula is C26H36O4S. The molecule has 0 unspecified atom stereocenters. The van der Waals surface area contributed by atoms with Gasteiger partial charge in [-0.1, -0.05) is 31.5 Å². The van der Waals surface area contributed by atoms with Crippen molar-refractivity contribution < 1.29 is 17.4 Å². The molecule has 0 amide bonds. The zero-order chi connectivity index (χ0) is 22.0. The lowest BCUT2D eigenvalue weighted by molar-refractivity contribution is -0.140. The number of benzene rings is 1. The molecule has 5 rings (SSSR count). The maximum Gasteiger partial charge on any atom is 0.297 e. The van der Waals surface area contributed by atoms with Crippen LogP contribution >= 0.6 is 0 Å². The molecular weight excluding hydrogens is 408 g/mol. The fraction of sp³-hybridized carbons (Fsp3) is 0.731. The van der Waals surface area contributed by atoms with Gasteiger partial charge in [0.15, 0.2) is 0 Å². The van der Waals surface area contributed by atoms with E-state index in [2.05, 4.69) is 13.8 Å². The lowest BCUT2D eigenvalue weighted by Crippen LogP contribution is -2.54. The summed E-state index contributed by atoms with van der Waals surface area (Å²) in [6.07, 6.45) is 8.75. The largest absolute Gasteiger partial charge is 0.300 e. The summed E-state index contributed by atoms with van der Waals surface area (Å²) in [6, 6.07) is 6.97. The van der Waals surface area contributed by atoms with Gasteiger partial charge in [-0.2, -0.15) is 8.42 Å². The first-order chi connectivity index (χ1) is 14.6. The monoisotopic (exact) mass is 444 g/mol. The highest BCUT2D eigenvalue weighted by Gasteiger charge is 2.61. The van der Waals surface area contributed by atoms with E-state index in [0.29, 0.717) is 29.5 Å². The molecule has 4 saturated carbocycles. The molecule has 1 aromatic carbocycles. The van der Waals surface area contributed by atoms with Crippen molar-refractivity contribution in [1.82, 2.24) is 0 Å². The van der Waals surface area contributed by atoms with E-state index < -0.39 is 10.1 Å². The molecule has 4 aliphatic carbocycles. The number of ketones is 1. The summed E-state index contributed by atoms with van der Waals surface area (Å²) in [4.78, 5) is 12.4. The Kier molecular flexibility index (Phi) is 5.17. The second-order valence-corrected chi connectivity index (χ2v) is 12.9. The van der Waals surface area contributed by atoms with Crippen molar-refractivity contribution in [3.05, 3.63) is 29.8 Å². The third kappa shape index (κ3) is 3.42. The van der Waals surface area contributed by atoms with Crippen molar-refractivity contribution in [3.8, 4) is 0 Å². The maximum atomic E-state index is 13.0. The third-order valence-corrected chi connectivity index (χ3v) is 11.3. The van der Waals surface area contributed by atoms with Gasteiger partial charge < -0.3 is 0 Å². The second-order valence-electron chi connectivity index (χ2n) is 11.4. The Bertz CT molecular complexity index is 968. The minimum absolute atomic E-state index is 0.0768. The number of hydrogen-bond acceptors (Lipinski definition) is 4. The van der Waals surface area contributed by atoms with Crippen LogP contribution in [0.2, 0.25) is 0 Å². The van der Waals surface area contributed by atoms with Crippen LogP contribution in [0.3, 0.4) is 0 Å². The van der Waals surface area contributed by atoms with Gasteiger partial charge in [0.2, 0.25) is 0 Å². The van der Waals surface area contributed by atoms with Gasteiger partial charge in [0.05, 0.1) is 11.0 Å². The van der Waals surface area contributed by atoms with Crippen LogP contribution in [0.15, 0.2) is 29.2 Å². The molecule has 5 heteroatoms. The smallest absolute Gasteiger partial charge is 0.297 e. The molecule has 4 aliphatic rings. The summed E-state index contributed by atoms with van der Waals surface area (Å²) in [5, 5.41) is 0. The SMILES string of the molecule is Cc1ccc(S(=O)(=O)O[C@@H]2CC[C@H]3[C@@H]4CC[C@@H]5CC(=O)CC[C@]5(C)[C@H]4CC[C@]23C)cc1. The molecule has 0 saturated heterocycles. The van der Waals surface area contributed by atoms with Crippen molar-refractivity contribution in [2.45, 2.75) is 89.6 Å². The van der Waals surface area contributed by atoms with Crippen molar-refractivity contribution in [2.75, 3.05) is 0 Å². The number of fused-ring (bicyclic) bond motifs is 5. The number of carbonyl (C=O) groups excluding carboxylic acids is 1. The van der Waals surface area contributed by atoms with Crippen LogP contribution in [0.25, 0.3) is 0 Å². The van der Waals surface area contributed by atoms with Gasteiger partial charge in [-0.25, -0.2) is 0 Å². The van der Waals surface area contributed by atoms with Gasteiger partial charge in [-0.05, 0) is 98.5 Å². The topological polar surface area (TPSA) is 60.4 Å². The van der Waals surface area contributed by atoms with Crippen LogP contribution < -0.4 is 0 Å². The summed E-state index contributed by atoms with van der Waals surface area (Å²) in [5.74, 6) is 2.85. The summed E-state index contributed by atoms with van der Waals surface area (Å²) in [6.45, 7) is 6.69. The Hall–Kier alpha value is -1.20. The van der Waals surface area contributed by atoms with Crippen LogP contribution in [0, 0.1) is 41.4 Å². The van der Waals surface area contributed by atoms with Gasteiger partial charge in [0.1, 0.15) is 5.78 Å². The summed E-state index contributed by atoms with van der Waals surface area (Å²) < 4.78 is 32.0. The summed E-state index contributed by atoms with van der Waals surface area (Å²) >= 11 is 0. The summed E-state index contributed by atoms with van der Waals surface area (Å²) in [5.41, 5.74) is 1.25. The van der Waals surface area contributed by atoms with Gasteiger partial charge >= 0.3 is 0 Å². The molecule has 0 spiro atoms. The van der Waals surface area contributed by atoms with Crippen LogP contribution in [-0.2, 0) is 19.1 Å². The molecule has 0 aromatic heterocycles. The second kappa shape index (κ2) is 7.41. The Morgan fingerprint density at radius 3 is 2.35 bits per heavy atom. The van der Waals surface area contributed by atoms with Gasteiger partial charge in [0.25, 0.3) is 10.1 Å². The molecule has 4 fully saturated rings. The molecule has 0 N–H and O–H groups in total. The Morgan fingerprint density at radius 2 is 1.61 bits per heavy atom. The fourth-order valence-electron chi connectivity index (χ4n) is 8.07. The maximum absolute atomic E-state index is 13.0. The van der Waals surface area contributed by atoms with Crippen molar-refractivity contribution in [1.29, 1.82) is 0 Å². The van der Waals surface area contributed by atoms with Crippen LogP contribution in [0.4, 0.5) is 0 Å². The highest BCUT2D eigenvalue weighted by Crippen LogP contribution is 2.66. The molecule has 0 radical (unpaired) electrons. The molecule has 31 heavy (non-hydrogen) atoms. The first-order valence-electron chi connectivity index (χ1n) is 12.2. The molecule has 170 valence electrons. The molecule has 0 bridgehead atoms. The number of hydrogen-bond donors (Lipinski definition) is 0. The molecule has 7 atom stereocenters. The molecule has 0 aliphatic heterocycles. The van der Waals surface area contributed by atoms with E-state index >= 15 is 0 Å². The zero-order valence-electron chi connectivity index (χ0n) is 19.1. The van der Waals surface area contributed by atoms with E-state index in [9.17, 15) is 13.2 Å². The standard InChI is InChI=1S/C26H36O4S/c1-17-4-7-20(8-5-17)31(28,29)30-24-11-10-22-21-9-6-18-16-19(27)12-14-25(18,2)23(21)13-15-26(22,24)3/h4-5,7-8,18,21-24H,6,9-16H2,1-3H3/t18-,21+,22+,23+,24-,25+,26+/m1/s1. The number of Topliss-reactive ketones (excluding diaryl/α,β-unsaturated/α-hetero) is 1. The average molecular weight is 445 g/mol. The van der Waals surface area contributed by atoms with E-state index in [1.807, 2.05) is 19.1 Å². The summed E-state index contributed by atoms with van der Waals surface area (Å²) in [7, 11) is -3.75. The number of carbonyl (C=O) groups is 1. The average Bonchev–Trinajstić information content (AvgIpc) is 3.04. The first-order valence-corrected chi connectivity index (χ1v) is 13.6. The zero-order valence-corrected chi connectivity index (χ0v) is 19.9. The van der Waals surface area contributed by atoms with Gasteiger partial charge in [-0.3, -0.25) is 8.98 Å². The Labute approximate surface area is 187 Å². The predicted octanol–water partition coefficient (Wildman–Crippen LogP) is 5.68. The lowest BCUT2D eigenvalue weighted by atomic mass is 9.45. The number of rotatable bonds is 3. The quantitative estimate of drug-likeness (QED) is 0.563. The van der Waals surface area contributed by atoms with E-state index in [1.54, 1.807) is 12.1 Å². The Morgan fingerprint density at radius 1 is 0.903 bits per heavy atom. The van der Waals surface area contributed by atoms with Crippen molar-refractivity contribution in [2.24, 2.45) is 34.5 Å². The van der Waals surface area contributed by atoms with Crippen LogP contribution in [-0.4, -0.2) is 20.3 Å². The van der Waals surface area contributed by atoms with Crippen LogP contribution in [0.1, 0.15) is 77.2 Å². The highest BCUT2D eigenvalue weighted by molar-refractivity contribution is 7.86. The highest BCUT2D eigenvalue weighted by atomic mass is 32.2. The van der Waals surface area contributed by atoms with Gasteiger partial charge in [-0.15, -0.1) is 0 Å². The van der Waals surface area contributed by atoms with Crippen molar-refractivity contribution in [3.63, 3.8) is 0 Å². The van der Waals surface area contributed by atoms with E-state index in [4.69, 9.17) is 4.18 Å². The molecule has 0 heterocycles. The van der Waals surface area contributed by atoms with Crippen LogP contribution in [0.5, 0.6) is 0 Å². The van der Waals surface area contributed by atoms with Gasteiger partial charge in [0, 0.05) is 12.8 Å². The van der Waals surface area contributed by atoms with E-state index in [-0.39, 0.29) is 21.8 Å². The third-order valence-electron chi connectivity index (χ3n) is 9.95. The predicted molar refractivity (Wildman–Crippen MR) is 120 cm³/mol. The molecule has 1 aromatic rings. The minimum Gasteiger partial charge on any atom is -0.300 e. The number of aryl methyl sites for hydroxylation is 1. The van der Waals surface area contributed by atoms with E-state index in [1.165, 1.54) is 6.42 Å². The van der Waals surface area contributed by atoms with Crippen molar-refractivity contribution >= 4 is 15.9 Å².